The van der Waals surface area contributed by atoms with Crippen LogP contribution in [0.3, 0.4) is 0 Å². The molecule has 1 aromatic heterocycles. The number of carbonyl (C=O) groups is 2. The topological polar surface area (TPSA) is 67.9 Å². The van der Waals surface area contributed by atoms with Crippen LogP contribution in [0.1, 0.15) is 28.3 Å². The maximum atomic E-state index is 13.1. The third kappa shape index (κ3) is 3.01. The van der Waals surface area contributed by atoms with Crippen LogP contribution in [0.25, 0.3) is 0 Å². The number of para-hydroxylation sites is 1. The molecule has 1 saturated heterocycles. The fourth-order valence-electron chi connectivity index (χ4n) is 3.05. The van der Waals surface area contributed by atoms with E-state index in [0.717, 1.165) is 4.88 Å². The number of anilines is 1. The largest absolute Gasteiger partial charge is 0.478 e. The zero-order valence-corrected chi connectivity index (χ0v) is 14.5. The lowest BCUT2D eigenvalue weighted by atomic mass is 10.1. The van der Waals surface area contributed by atoms with Crippen molar-refractivity contribution in [1.29, 1.82) is 0 Å². The van der Waals surface area contributed by atoms with Gasteiger partial charge in [0.25, 0.3) is 11.8 Å². The minimum atomic E-state index is -0.620. The predicted octanol–water partition coefficient (Wildman–Crippen LogP) is 2.68. The molecule has 0 bridgehead atoms. The molecule has 1 aromatic carbocycles. The summed E-state index contributed by atoms with van der Waals surface area (Å²) in [4.78, 5) is 27.7. The van der Waals surface area contributed by atoms with Crippen LogP contribution in [0.5, 0.6) is 5.75 Å². The highest BCUT2D eigenvalue weighted by Gasteiger charge is 2.32. The van der Waals surface area contributed by atoms with Crippen molar-refractivity contribution >= 4 is 28.8 Å². The standard InChI is InChI=1S/C18H18N2O4S/c1-11-17(21)19-13-5-2-4-12(16(13)24-11)18(22)20-7-8-23-14(10-20)15-6-3-9-25-15/h2-6,9,11,14H,7-8,10H2,1H3,(H,19,21). The zero-order valence-electron chi connectivity index (χ0n) is 13.7. The van der Waals surface area contributed by atoms with Gasteiger partial charge in [0.1, 0.15) is 6.10 Å². The Morgan fingerprint density at radius 1 is 1.32 bits per heavy atom. The second kappa shape index (κ2) is 6.50. The summed E-state index contributed by atoms with van der Waals surface area (Å²) in [5.74, 6) is 0.130. The highest BCUT2D eigenvalue weighted by molar-refractivity contribution is 7.10. The summed E-state index contributed by atoms with van der Waals surface area (Å²) >= 11 is 1.63. The highest BCUT2D eigenvalue weighted by Crippen LogP contribution is 2.35. The molecule has 0 spiro atoms. The lowest BCUT2D eigenvalue weighted by Gasteiger charge is -2.33. The number of rotatable bonds is 2. The first kappa shape index (κ1) is 16.1. The average Bonchev–Trinajstić information content (AvgIpc) is 3.16. The Morgan fingerprint density at radius 2 is 2.20 bits per heavy atom. The Bertz CT molecular complexity index is 805. The molecule has 2 aliphatic heterocycles. The molecule has 2 amide bonds. The molecule has 1 N–H and O–H groups in total. The molecule has 2 unspecified atom stereocenters. The molecule has 130 valence electrons. The van der Waals surface area contributed by atoms with Gasteiger partial charge in [-0.2, -0.15) is 0 Å². The Hall–Kier alpha value is -2.38. The number of amides is 2. The van der Waals surface area contributed by atoms with Gasteiger partial charge in [0.05, 0.1) is 24.4 Å². The van der Waals surface area contributed by atoms with Crippen LogP contribution in [-0.2, 0) is 9.53 Å². The highest BCUT2D eigenvalue weighted by atomic mass is 32.1. The van der Waals surface area contributed by atoms with Gasteiger partial charge in [0, 0.05) is 11.4 Å². The quantitative estimate of drug-likeness (QED) is 0.896. The van der Waals surface area contributed by atoms with E-state index in [4.69, 9.17) is 9.47 Å². The first-order valence-corrected chi connectivity index (χ1v) is 9.06. The monoisotopic (exact) mass is 358 g/mol. The summed E-state index contributed by atoms with van der Waals surface area (Å²) in [5.41, 5.74) is 1.01. The number of hydrogen-bond acceptors (Lipinski definition) is 5. The van der Waals surface area contributed by atoms with Gasteiger partial charge in [0.2, 0.25) is 0 Å². The van der Waals surface area contributed by atoms with Crippen LogP contribution in [0.4, 0.5) is 5.69 Å². The Morgan fingerprint density at radius 3 is 3.00 bits per heavy atom. The second-order valence-electron chi connectivity index (χ2n) is 6.06. The number of carbonyl (C=O) groups excluding carboxylic acids is 2. The first-order valence-electron chi connectivity index (χ1n) is 8.18. The second-order valence-corrected chi connectivity index (χ2v) is 7.04. The molecule has 2 atom stereocenters. The fourth-order valence-corrected chi connectivity index (χ4v) is 3.81. The molecule has 0 aliphatic carbocycles. The molecule has 2 aliphatic rings. The number of fused-ring (bicyclic) bond motifs is 1. The molecule has 25 heavy (non-hydrogen) atoms. The molecular formula is C18H18N2O4S. The summed E-state index contributed by atoms with van der Waals surface area (Å²) in [6, 6.07) is 9.23. The molecule has 3 heterocycles. The number of thiophene rings is 1. The summed E-state index contributed by atoms with van der Waals surface area (Å²) < 4.78 is 11.5. The molecule has 4 rings (SSSR count). The van der Waals surface area contributed by atoms with Crippen molar-refractivity contribution < 1.29 is 19.1 Å². The molecule has 7 heteroatoms. The number of ether oxygens (including phenoxy) is 2. The van der Waals surface area contributed by atoms with Crippen LogP contribution in [0.15, 0.2) is 35.7 Å². The third-order valence-corrected chi connectivity index (χ3v) is 5.35. The van der Waals surface area contributed by atoms with Crippen LogP contribution in [0.2, 0.25) is 0 Å². The summed E-state index contributed by atoms with van der Waals surface area (Å²) in [5, 5.41) is 4.79. The maximum absolute atomic E-state index is 13.1. The van der Waals surface area contributed by atoms with E-state index >= 15 is 0 Å². The van der Waals surface area contributed by atoms with E-state index in [2.05, 4.69) is 5.32 Å². The Balaban J connectivity index is 1.59. The predicted molar refractivity (Wildman–Crippen MR) is 94.1 cm³/mol. The lowest BCUT2D eigenvalue weighted by molar-refractivity contribution is -0.122. The van der Waals surface area contributed by atoms with Crippen molar-refractivity contribution in [1.82, 2.24) is 4.90 Å². The van der Waals surface area contributed by atoms with Gasteiger partial charge in [-0.1, -0.05) is 12.1 Å². The van der Waals surface area contributed by atoms with Crippen molar-refractivity contribution in [2.24, 2.45) is 0 Å². The van der Waals surface area contributed by atoms with Gasteiger partial charge >= 0.3 is 0 Å². The van der Waals surface area contributed by atoms with Crippen LogP contribution in [0, 0.1) is 0 Å². The fraction of sp³-hybridized carbons (Fsp3) is 0.333. The molecule has 1 fully saturated rings. The van der Waals surface area contributed by atoms with E-state index < -0.39 is 6.10 Å². The van der Waals surface area contributed by atoms with E-state index in [1.54, 1.807) is 41.4 Å². The van der Waals surface area contributed by atoms with Crippen molar-refractivity contribution in [3.8, 4) is 5.75 Å². The Kier molecular flexibility index (Phi) is 4.19. The number of hydrogen-bond donors (Lipinski definition) is 1. The van der Waals surface area contributed by atoms with E-state index in [0.29, 0.717) is 36.7 Å². The van der Waals surface area contributed by atoms with Crippen molar-refractivity contribution in [3.05, 3.63) is 46.2 Å². The molecule has 6 nitrogen and oxygen atoms in total. The zero-order chi connectivity index (χ0) is 17.4. The van der Waals surface area contributed by atoms with Crippen molar-refractivity contribution in [3.63, 3.8) is 0 Å². The van der Waals surface area contributed by atoms with E-state index in [9.17, 15) is 9.59 Å². The third-order valence-electron chi connectivity index (χ3n) is 4.38. The Labute approximate surface area is 149 Å². The van der Waals surface area contributed by atoms with Crippen molar-refractivity contribution in [2.45, 2.75) is 19.1 Å². The normalized spacial score (nSPS) is 22.8. The van der Waals surface area contributed by atoms with Crippen LogP contribution >= 0.6 is 11.3 Å². The van der Waals surface area contributed by atoms with Crippen LogP contribution in [-0.4, -0.2) is 42.5 Å². The maximum Gasteiger partial charge on any atom is 0.265 e. The first-order chi connectivity index (χ1) is 12.1. The molecule has 0 saturated carbocycles. The van der Waals surface area contributed by atoms with Crippen molar-refractivity contribution in [2.75, 3.05) is 25.0 Å². The number of nitrogens with zero attached hydrogens (tertiary/aromatic N) is 1. The van der Waals surface area contributed by atoms with Gasteiger partial charge in [-0.3, -0.25) is 9.59 Å². The smallest absolute Gasteiger partial charge is 0.265 e. The van der Waals surface area contributed by atoms with Crippen LogP contribution < -0.4 is 10.1 Å². The van der Waals surface area contributed by atoms with Gasteiger partial charge in [-0.05, 0) is 30.5 Å². The minimum Gasteiger partial charge on any atom is -0.478 e. The van der Waals surface area contributed by atoms with E-state index in [-0.39, 0.29) is 17.9 Å². The summed E-state index contributed by atoms with van der Waals surface area (Å²) in [7, 11) is 0. The van der Waals surface area contributed by atoms with E-state index in [1.165, 1.54) is 0 Å². The molecule has 2 aromatic rings. The summed E-state index contributed by atoms with van der Waals surface area (Å²) in [6.45, 7) is 3.20. The van der Waals surface area contributed by atoms with Gasteiger partial charge < -0.3 is 19.7 Å². The average molecular weight is 358 g/mol. The number of morpholine rings is 1. The summed E-state index contributed by atoms with van der Waals surface area (Å²) in [6.07, 6.45) is -0.721. The lowest BCUT2D eigenvalue weighted by Crippen LogP contribution is -2.43. The van der Waals surface area contributed by atoms with Gasteiger partial charge in [-0.25, -0.2) is 0 Å². The molecular weight excluding hydrogens is 340 g/mol. The minimum absolute atomic E-state index is 0.100. The van der Waals surface area contributed by atoms with E-state index in [1.807, 2.05) is 17.5 Å². The number of benzene rings is 1. The SMILES string of the molecule is CC1Oc2c(cccc2C(=O)N2CCOC(c3cccs3)C2)NC1=O. The number of nitrogens with one attached hydrogen (secondary N) is 1. The molecule has 0 radical (unpaired) electrons. The van der Waals surface area contributed by atoms with Gasteiger partial charge in [-0.15, -0.1) is 11.3 Å². The van der Waals surface area contributed by atoms with Gasteiger partial charge in [0.15, 0.2) is 11.9 Å².